The molecule has 1 aromatic carbocycles. The van der Waals surface area contributed by atoms with Gasteiger partial charge >= 0.3 is 0 Å². The third-order valence-corrected chi connectivity index (χ3v) is 4.06. The number of hydrogen-bond acceptors (Lipinski definition) is 3. The molecule has 0 bridgehead atoms. The number of nitrogens with one attached hydrogen (secondary N) is 1. The topological polar surface area (TPSA) is 64.3 Å². The van der Waals surface area contributed by atoms with Gasteiger partial charge in [-0.3, -0.25) is 4.79 Å². The summed E-state index contributed by atoms with van der Waals surface area (Å²) in [7, 11) is 0. The van der Waals surface area contributed by atoms with Crippen LogP contribution in [0, 0.1) is 0 Å². The van der Waals surface area contributed by atoms with Gasteiger partial charge in [0.1, 0.15) is 5.75 Å². The van der Waals surface area contributed by atoms with E-state index in [4.69, 9.17) is 10.5 Å². The van der Waals surface area contributed by atoms with Crippen molar-refractivity contribution in [2.24, 2.45) is 5.73 Å². The molecule has 3 atom stereocenters. The highest BCUT2D eigenvalue weighted by atomic mass is 16.5. The first-order valence-corrected chi connectivity index (χ1v) is 7.87. The van der Waals surface area contributed by atoms with Gasteiger partial charge in [-0.2, -0.15) is 0 Å². The van der Waals surface area contributed by atoms with E-state index in [-0.39, 0.29) is 18.0 Å². The van der Waals surface area contributed by atoms with Crippen LogP contribution in [0.15, 0.2) is 18.2 Å². The molecule has 1 aliphatic rings. The molecule has 3 N–H and O–H groups in total. The van der Waals surface area contributed by atoms with Crippen molar-refractivity contribution in [2.45, 2.75) is 64.6 Å². The highest BCUT2D eigenvalue weighted by Gasteiger charge is 2.24. The van der Waals surface area contributed by atoms with E-state index in [1.165, 1.54) is 0 Å². The van der Waals surface area contributed by atoms with Gasteiger partial charge in [-0.25, -0.2) is 0 Å². The maximum atomic E-state index is 12.1. The third kappa shape index (κ3) is 3.76. The smallest absolute Gasteiger partial charge is 0.260 e. The van der Waals surface area contributed by atoms with Gasteiger partial charge in [-0.15, -0.1) is 0 Å². The van der Waals surface area contributed by atoms with Crippen molar-refractivity contribution in [1.29, 1.82) is 0 Å². The van der Waals surface area contributed by atoms with Crippen molar-refractivity contribution in [2.75, 3.05) is 0 Å². The molecule has 0 saturated carbocycles. The van der Waals surface area contributed by atoms with Gasteiger partial charge in [0.2, 0.25) is 0 Å². The van der Waals surface area contributed by atoms with E-state index >= 15 is 0 Å². The molecule has 2 rings (SSSR count). The fourth-order valence-electron chi connectivity index (χ4n) is 2.87. The molecule has 0 radical (unpaired) electrons. The van der Waals surface area contributed by atoms with E-state index in [1.54, 1.807) is 6.92 Å². The summed E-state index contributed by atoms with van der Waals surface area (Å²) < 4.78 is 5.88. The summed E-state index contributed by atoms with van der Waals surface area (Å²) >= 11 is 0. The van der Waals surface area contributed by atoms with Gasteiger partial charge < -0.3 is 15.8 Å². The minimum Gasteiger partial charge on any atom is -0.481 e. The Kier molecular flexibility index (Phi) is 5.23. The first kappa shape index (κ1) is 15.8. The second kappa shape index (κ2) is 6.94. The number of amides is 1. The standard InChI is InChI=1S/C17H26N2O2/c1-4-6-11(2)19-17(20)12(3)21-16-8-5-7-13-14(16)9-10-15(13)18/h5,7-8,11-12,15H,4,6,9-10,18H2,1-3H3,(H,19,20). The molecule has 1 amide bonds. The normalized spacial score (nSPS) is 19.7. The predicted octanol–water partition coefficient (Wildman–Crippen LogP) is 2.70. The molecule has 1 aromatic rings. The van der Waals surface area contributed by atoms with Crippen molar-refractivity contribution < 1.29 is 9.53 Å². The lowest BCUT2D eigenvalue weighted by atomic mass is 10.1. The number of carbonyl (C=O) groups excluding carboxylic acids is 1. The van der Waals surface area contributed by atoms with E-state index in [0.29, 0.717) is 0 Å². The zero-order valence-corrected chi connectivity index (χ0v) is 13.2. The molecule has 0 aromatic heterocycles. The van der Waals surface area contributed by atoms with E-state index in [2.05, 4.69) is 12.2 Å². The predicted molar refractivity (Wildman–Crippen MR) is 84.3 cm³/mol. The molecule has 3 unspecified atom stereocenters. The molecule has 0 fully saturated rings. The average Bonchev–Trinajstić information content (AvgIpc) is 2.82. The first-order valence-electron chi connectivity index (χ1n) is 7.87. The summed E-state index contributed by atoms with van der Waals surface area (Å²) in [4.78, 5) is 12.1. The lowest BCUT2D eigenvalue weighted by Gasteiger charge is -2.20. The van der Waals surface area contributed by atoms with E-state index < -0.39 is 6.10 Å². The van der Waals surface area contributed by atoms with Crippen LogP contribution in [0.2, 0.25) is 0 Å². The van der Waals surface area contributed by atoms with Crippen molar-refractivity contribution >= 4 is 5.91 Å². The summed E-state index contributed by atoms with van der Waals surface area (Å²) in [5, 5.41) is 2.99. The lowest BCUT2D eigenvalue weighted by Crippen LogP contribution is -2.41. The number of hydrogen-bond donors (Lipinski definition) is 2. The quantitative estimate of drug-likeness (QED) is 0.846. The van der Waals surface area contributed by atoms with Crippen molar-refractivity contribution in [3.8, 4) is 5.75 Å². The highest BCUT2D eigenvalue weighted by Crippen LogP contribution is 2.35. The zero-order valence-electron chi connectivity index (χ0n) is 13.2. The highest BCUT2D eigenvalue weighted by molar-refractivity contribution is 5.81. The lowest BCUT2D eigenvalue weighted by molar-refractivity contribution is -0.127. The summed E-state index contributed by atoms with van der Waals surface area (Å²) in [5.41, 5.74) is 8.38. The minimum absolute atomic E-state index is 0.0594. The van der Waals surface area contributed by atoms with Crippen molar-refractivity contribution in [3.05, 3.63) is 29.3 Å². The van der Waals surface area contributed by atoms with Crippen LogP contribution in [0.3, 0.4) is 0 Å². The van der Waals surface area contributed by atoms with Gasteiger partial charge in [0, 0.05) is 12.1 Å². The maximum Gasteiger partial charge on any atom is 0.260 e. The van der Waals surface area contributed by atoms with Crippen LogP contribution in [-0.2, 0) is 11.2 Å². The Bertz CT molecular complexity index is 502. The molecule has 4 heteroatoms. The molecule has 1 aliphatic carbocycles. The van der Waals surface area contributed by atoms with Crippen LogP contribution in [0.25, 0.3) is 0 Å². The fourth-order valence-corrected chi connectivity index (χ4v) is 2.87. The number of carbonyl (C=O) groups is 1. The van der Waals surface area contributed by atoms with Gasteiger partial charge in [0.05, 0.1) is 0 Å². The molecule has 0 saturated heterocycles. The van der Waals surface area contributed by atoms with Crippen molar-refractivity contribution in [3.63, 3.8) is 0 Å². The second-order valence-electron chi connectivity index (χ2n) is 5.93. The Morgan fingerprint density at radius 3 is 2.95 bits per heavy atom. The van der Waals surface area contributed by atoms with Gasteiger partial charge in [-0.1, -0.05) is 25.5 Å². The number of ether oxygens (including phenoxy) is 1. The molecular formula is C17H26N2O2. The zero-order chi connectivity index (χ0) is 15.4. The maximum absolute atomic E-state index is 12.1. The van der Waals surface area contributed by atoms with E-state index in [1.807, 2.05) is 25.1 Å². The van der Waals surface area contributed by atoms with Gasteiger partial charge in [-0.05, 0) is 50.3 Å². The summed E-state index contributed by atoms with van der Waals surface area (Å²) in [6.07, 6.45) is 3.42. The molecule has 21 heavy (non-hydrogen) atoms. The molecule has 0 aliphatic heterocycles. The Hall–Kier alpha value is -1.55. The van der Waals surface area contributed by atoms with Crippen molar-refractivity contribution in [1.82, 2.24) is 5.32 Å². The average molecular weight is 290 g/mol. The summed E-state index contributed by atoms with van der Waals surface area (Å²) in [5.74, 6) is 0.738. The van der Waals surface area contributed by atoms with Crippen LogP contribution in [-0.4, -0.2) is 18.1 Å². The number of nitrogens with two attached hydrogens (primary N) is 1. The SMILES string of the molecule is CCCC(C)NC(=O)C(C)Oc1cccc2c1CCC2N. The van der Waals surface area contributed by atoms with Gasteiger partial charge in [0.15, 0.2) is 6.10 Å². The Labute approximate surface area is 127 Å². The second-order valence-corrected chi connectivity index (χ2v) is 5.93. The monoisotopic (exact) mass is 290 g/mol. The van der Waals surface area contributed by atoms with Gasteiger partial charge in [0.25, 0.3) is 5.91 Å². The van der Waals surface area contributed by atoms with Crippen LogP contribution < -0.4 is 15.8 Å². The molecule has 0 heterocycles. The number of fused-ring (bicyclic) bond motifs is 1. The Morgan fingerprint density at radius 1 is 1.48 bits per heavy atom. The molecule has 0 spiro atoms. The van der Waals surface area contributed by atoms with Crippen LogP contribution in [0.4, 0.5) is 0 Å². The minimum atomic E-state index is -0.493. The fraction of sp³-hybridized carbons (Fsp3) is 0.588. The van der Waals surface area contributed by atoms with E-state index in [9.17, 15) is 4.79 Å². The Morgan fingerprint density at radius 2 is 2.24 bits per heavy atom. The summed E-state index contributed by atoms with van der Waals surface area (Å²) in [6, 6.07) is 6.20. The Balaban J connectivity index is 2.00. The van der Waals surface area contributed by atoms with Crippen LogP contribution >= 0.6 is 0 Å². The number of rotatable bonds is 6. The van der Waals surface area contributed by atoms with Crippen LogP contribution in [0.5, 0.6) is 5.75 Å². The van der Waals surface area contributed by atoms with Crippen LogP contribution in [0.1, 0.15) is 57.2 Å². The number of benzene rings is 1. The summed E-state index contributed by atoms with van der Waals surface area (Å²) in [6.45, 7) is 5.93. The first-order chi connectivity index (χ1) is 10.0. The largest absolute Gasteiger partial charge is 0.481 e. The molecule has 116 valence electrons. The van der Waals surface area contributed by atoms with E-state index in [0.717, 1.165) is 42.6 Å². The molecular weight excluding hydrogens is 264 g/mol. The molecule has 4 nitrogen and oxygen atoms in total. The third-order valence-electron chi connectivity index (χ3n) is 4.06.